The smallest absolute Gasteiger partial charge is 0.243 e. The molecule has 17 heavy (non-hydrogen) atoms. The van der Waals surface area contributed by atoms with Crippen LogP contribution in [0.4, 0.5) is 0 Å². The SMILES string of the molecule is CC1(c2noc(C(N)Cc3cnc[nH]3)n2)CC1. The average molecular weight is 233 g/mol. The molecular weight excluding hydrogens is 218 g/mol. The minimum Gasteiger partial charge on any atom is -0.348 e. The standard InChI is InChI=1S/C11H15N5O/c1-11(2-3-11)10-15-9(17-16-10)8(12)4-7-5-13-6-14-7/h5-6,8H,2-4,12H2,1H3,(H,13,14). The number of H-pyrrole nitrogens is 1. The first kappa shape index (κ1) is 10.5. The van der Waals surface area contributed by atoms with Gasteiger partial charge in [0.2, 0.25) is 5.89 Å². The number of aromatic amines is 1. The maximum Gasteiger partial charge on any atom is 0.243 e. The average Bonchev–Trinajstić information content (AvgIpc) is 2.78. The fraction of sp³-hybridized carbons (Fsp3) is 0.545. The maximum atomic E-state index is 6.02. The predicted octanol–water partition coefficient (Wildman–Crippen LogP) is 1.09. The highest BCUT2D eigenvalue weighted by Crippen LogP contribution is 2.46. The summed E-state index contributed by atoms with van der Waals surface area (Å²) in [6.45, 7) is 2.14. The molecule has 6 nitrogen and oxygen atoms in total. The Balaban J connectivity index is 1.73. The van der Waals surface area contributed by atoms with Crippen molar-refractivity contribution in [2.75, 3.05) is 0 Å². The van der Waals surface area contributed by atoms with E-state index in [1.165, 1.54) is 0 Å². The lowest BCUT2D eigenvalue weighted by molar-refractivity contribution is 0.347. The molecule has 0 saturated heterocycles. The van der Waals surface area contributed by atoms with E-state index in [0.29, 0.717) is 12.3 Å². The molecule has 1 atom stereocenters. The van der Waals surface area contributed by atoms with Gasteiger partial charge in [0.05, 0.1) is 12.4 Å². The molecule has 3 N–H and O–H groups in total. The largest absolute Gasteiger partial charge is 0.348 e. The molecule has 0 bridgehead atoms. The highest BCUT2D eigenvalue weighted by atomic mass is 16.5. The number of nitrogens with zero attached hydrogens (tertiary/aromatic N) is 3. The van der Waals surface area contributed by atoms with E-state index in [0.717, 1.165) is 24.4 Å². The number of rotatable bonds is 4. The van der Waals surface area contributed by atoms with Crippen molar-refractivity contribution in [2.24, 2.45) is 5.73 Å². The molecule has 0 aromatic carbocycles. The van der Waals surface area contributed by atoms with E-state index in [1.54, 1.807) is 12.5 Å². The zero-order valence-electron chi connectivity index (χ0n) is 9.68. The fourth-order valence-electron chi connectivity index (χ4n) is 1.76. The summed E-state index contributed by atoms with van der Waals surface area (Å²) in [6, 6.07) is -0.279. The van der Waals surface area contributed by atoms with Crippen molar-refractivity contribution in [3.05, 3.63) is 29.9 Å². The van der Waals surface area contributed by atoms with Crippen LogP contribution in [0.3, 0.4) is 0 Å². The van der Waals surface area contributed by atoms with E-state index in [-0.39, 0.29) is 11.5 Å². The minimum absolute atomic E-state index is 0.120. The van der Waals surface area contributed by atoms with Crippen molar-refractivity contribution >= 4 is 0 Å². The van der Waals surface area contributed by atoms with Crippen LogP contribution < -0.4 is 5.73 Å². The Kier molecular flexibility index (Phi) is 2.25. The van der Waals surface area contributed by atoms with Crippen molar-refractivity contribution < 1.29 is 4.52 Å². The Morgan fingerprint density at radius 1 is 1.59 bits per heavy atom. The molecule has 2 aromatic heterocycles. The Morgan fingerprint density at radius 3 is 3.06 bits per heavy atom. The molecule has 0 amide bonds. The van der Waals surface area contributed by atoms with E-state index in [2.05, 4.69) is 27.0 Å². The number of hydrogen-bond donors (Lipinski definition) is 2. The summed E-state index contributed by atoms with van der Waals surface area (Å²) in [7, 11) is 0. The van der Waals surface area contributed by atoms with Crippen LogP contribution in [0.25, 0.3) is 0 Å². The second-order valence-electron chi connectivity index (χ2n) is 4.90. The summed E-state index contributed by atoms with van der Waals surface area (Å²) in [5, 5.41) is 4.01. The first-order valence-corrected chi connectivity index (χ1v) is 5.74. The number of nitrogens with one attached hydrogen (secondary N) is 1. The summed E-state index contributed by atoms with van der Waals surface area (Å²) < 4.78 is 5.22. The molecular formula is C11H15N5O. The van der Waals surface area contributed by atoms with Crippen LogP contribution >= 0.6 is 0 Å². The Morgan fingerprint density at radius 2 is 2.41 bits per heavy atom. The Hall–Kier alpha value is -1.69. The zero-order valence-corrected chi connectivity index (χ0v) is 9.68. The minimum atomic E-state index is -0.279. The quantitative estimate of drug-likeness (QED) is 0.824. The van der Waals surface area contributed by atoms with Gasteiger partial charge in [0, 0.05) is 23.7 Å². The van der Waals surface area contributed by atoms with Crippen LogP contribution in [0.2, 0.25) is 0 Å². The lowest BCUT2D eigenvalue weighted by Gasteiger charge is -2.03. The fourth-order valence-corrected chi connectivity index (χ4v) is 1.76. The van der Waals surface area contributed by atoms with Gasteiger partial charge >= 0.3 is 0 Å². The summed E-state index contributed by atoms with van der Waals surface area (Å²) in [6.07, 6.45) is 6.26. The highest BCUT2D eigenvalue weighted by Gasteiger charge is 2.43. The third-order valence-electron chi connectivity index (χ3n) is 3.29. The summed E-state index contributed by atoms with van der Waals surface area (Å²) >= 11 is 0. The van der Waals surface area contributed by atoms with Gasteiger partial charge in [-0.1, -0.05) is 12.1 Å². The van der Waals surface area contributed by atoms with Gasteiger partial charge in [-0.05, 0) is 12.8 Å². The molecule has 1 aliphatic carbocycles. The molecule has 90 valence electrons. The predicted molar refractivity (Wildman–Crippen MR) is 60.1 cm³/mol. The van der Waals surface area contributed by atoms with Crippen LogP contribution in [-0.2, 0) is 11.8 Å². The van der Waals surface area contributed by atoms with Crippen LogP contribution in [0, 0.1) is 0 Å². The van der Waals surface area contributed by atoms with Gasteiger partial charge in [-0.25, -0.2) is 4.98 Å². The van der Waals surface area contributed by atoms with Crippen LogP contribution in [-0.4, -0.2) is 20.1 Å². The van der Waals surface area contributed by atoms with Gasteiger partial charge in [-0.15, -0.1) is 0 Å². The Labute approximate surface area is 98.6 Å². The van der Waals surface area contributed by atoms with Crippen LogP contribution in [0.15, 0.2) is 17.0 Å². The van der Waals surface area contributed by atoms with E-state index in [9.17, 15) is 0 Å². The van der Waals surface area contributed by atoms with Gasteiger partial charge < -0.3 is 15.2 Å². The molecule has 1 unspecified atom stereocenters. The third-order valence-corrected chi connectivity index (χ3v) is 3.29. The highest BCUT2D eigenvalue weighted by molar-refractivity contribution is 5.15. The topological polar surface area (TPSA) is 93.6 Å². The maximum absolute atomic E-state index is 6.02. The number of nitrogens with two attached hydrogens (primary N) is 1. The molecule has 0 aliphatic heterocycles. The molecule has 6 heteroatoms. The molecule has 0 spiro atoms. The molecule has 0 radical (unpaired) electrons. The lowest BCUT2D eigenvalue weighted by atomic mass is 10.1. The second-order valence-corrected chi connectivity index (χ2v) is 4.90. The molecule has 2 heterocycles. The van der Waals surface area contributed by atoms with Gasteiger partial charge in [0.1, 0.15) is 0 Å². The number of imidazole rings is 1. The second kappa shape index (κ2) is 3.66. The molecule has 1 fully saturated rings. The number of aromatic nitrogens is 4. The van der Waals surface area contributed by atoms with E-state index in [4.69, 9.17) is 10.3 Å². The van der Waals surface area contributed by atoms with Crippen LogP contribution in [0.5, 0.6) is 0 Å². The summed E-state index contributed by atoms with van der Waals surface area (Å²) in [5.74, 6) is 1.29. The van der Waals surface area contributed by atoms with Gasteiger partial charge in [0.15, 0.2) is 5.82 Å². The van der Waals surface area contributed by atoms with Gasteiger partial charge in [-0.2, -0.15) is 4.98 Å². The van der Waals surface area contributed by atoms with Crippen LogP contribution in [0.1, 0.15) is 43.2 Å². The van der Waals surface area contributed by atoms with E-state index >= 15 is 0 Å². The van der Waals surface area contributed by atoms with Crippen molar-refractivity contribution in [3.8, 4) is 0 Å². The summed E-state index contributed by atoms with van der Waals surface area (Å²) in [4.78, 5) is 11.3. The van der Waals surface area contributed by atoms with Crippen molar-refractivity contribution in [1.82, 2.24) is 20.1 Å². The van der Waals surface area contributed by atoms with Gasteiger partial charge in [-0.3, -0.25) is 0 Å². The molecule has 1 aliphatic rings. The Bertz CT molecular complexity index is 500. The first-order chi connectivity index (χ1) is 8.17. The van der Waals surface area contributed by atoms with Crippen molar-refractivity contribution in [3.63, 3.8) is 0 Å². The first-order valence-electron chi connectivity index (χ1n) is 5.74. The number of hydrogen-bond acceptors (Lipinski definition) is 5. The monoisotopic (exact) mass is 233 g/mol. The van der Waals surface area contributed by atoms with Crippen molar-refractivity contribution in [1.29, 1.82) is 0 Å². The van der Waals surface area contributed by atoms with E-state index < -0.39 is 0 Å². The molecule has 1 saturated carbocycles. The van der Waals surface area contributed by atoms with E-state index in [1.807, 2.05) is 0 Å². The normalized spacial score (nSPS) is 19.2. The molecule has 2 aromatic rings. The third kappa shape index (κ3) is 1.95. The lowest BCUT2D eigenvalue weighted by Crippen LogP contribution is -2.14. The summed E-state index contributed by atoms with van der Waals surface area (Å²) in [5.41, 5.74) is 7.11. The van der Waals surface area contributed by atoms with Gasteiger partial charge in [0.25, 0.3) is 0 Å². The zero-order chi connectivity index (χ0) is 11.9. The molecule has 3 rings (SSSR count). The van der Waals surface area contributed by atoms with Crippen molar-refractivity contribution in [2.45, 2.75) is 37.6 Å².